The van der Waals surface area contributed by atoms with Gasteiger partial charge in [-0.25, -0.2) is 4.98 Å². The minimum atomic E-state index is -0.961. The SMILES string of the molecule is Cc1cc(C)c2nc(N3C(=O)C(=O)C(=C(O)c4ccc5c(c4)C[C@H](C)O5)[C@@H]3c3cccc(O)c3)sc2c1. The molecule has 3 heterocycles. The number of benzene rings is 3. The van der Waals surface area contributed by atoms with Crippen molar-refractivity contribution in [3.63, 3.8) is 0 Å². The number of fused-ring (bicyclic) bond motifs is 2. The Labute approximate surface area is 217 Å². The van der Waals surface area contributed by atoms with E-state index in [0.717, 1.165) is 32.7 Å². The number of nitrogens with zero attached hydrogens (tertiary/aromatic N) is 2. The van der Waals surface area contributed by atoms with Crippen molar-refractivity contribution in [2.24, 2.45) is 0 Å². The van der Waals surface area contributed by atoms with Crippen molar-refractivity contribution in [2.45, 2.75) is 39.3 Å². The highest BCUT2D eigenvalue weighted by Crippen LogP contribution is 2.45. The summed E-state index contributed by atoms with van der Waals surface area (Å²) in [5.41, 5.74) is 4.60. The molecule has 0 unspecified atom stereocenters. The van der Waals surface area contributed by atoms with Gasteiger partial charge < -0.3 is 14.9 Å². The topological polar surface area (TPSA) is 100.0 Å². The van der Waals surface area contributed by atoms with E-state index in [1.54, 1.807) is 30.3 Å². The summed E-state index contributed by atoms with van der Waals surface area (Å²) < 4.78 is 6.67. The number of carbonyl (C=O) groups is 2. The second kappa shape index (κ2) is 8.45. The Morgan fingerprint density at radius 1 is 1.11 bits per heavy atom. The first kappa shape index (κ1) is 23.2. The van der Waals surface area contributed by atoms with Crippen LogP contribution in [0, 0.1) is 13.8 Å². The number of rotatable bonds is 3. The molecule has 3 aromatic carbocycles. The second-order valence-electron chi connectivity index (χ2n) is 9.64. The van der Waals surface area contributed by atoms with Gasteiger partial charge in [0, 0.05) is 12.0 Å². The highest BCUT2D eigenvalue weighted by molar-refractivity contribution is 7.22. The number of hydrogen-bond acceptors (Lipinski definition) is 7. The van der Waals surface area contributed by atoms with Gasteiger partial charge in [-0.1, -0.05) is 29.5 Å². The summed E-state index contributed by atoms with van der Waals surface area (Å²) in [4.78, 5) is 33.0. The molecule has 0 spiro atoms. The lowest BCUT2D eigenvalue weighted by atomic mass is 9.94. The molecule has 0 saturated carbocycles. The van der Waals surface area contributed by atoms with Crippen molar-refractivity contribution < 1.29 is 24.5 Å². The second-order valence-corrected chi connectivity index (χ2v) is 10.7. The summed E-state index contributed by atoms with van der Waals surface area (Å²) in [6.07, 6.45) is 0.710. The average molecular weight is 513 g/mol. The van der Waals surface area contributed by atoms with Gasteiger partial charge in [0.2, 0.25) is 0 Å². The first-order valence-corrected chi connectivity index (χ1v) is 12.8. The Kier molecular flexibility index (Phi) is 5.31. The standard InChI is InChI=1S/C29H24N2O5S/c1-14-9-15(2)24-22(10-14)37-29(30-24)31-25(17-5-4-6-20(32)13-17)23(27(34)28(31)35)26(33)18-7-8-21-19(12-18)11-16(3)36-21/h4-10,12-13,16,25,32-33H,11H2,1-3H3/t16-,25-/m0/s1. The monoisotopic (exact) mass is 512 g/mol. The molecule has 2 atom stereocenters. The van der Waals surface area contributed by atoms with Gasteiger partial charge >= 0.3 is 5.91 Å². The molecule has 37 heavy (non-hydrogen) atoms. The molecule has 6 rings (SSSR count). The number of aromatic nitrogens is 1. The third-order valence-corrected chi connectivity index (χ3v) is 7.83. The van der Waals surface area contributed by atoms with Gasteiger partial charge in [-0.05, 0) is 79.4 Å². The van der Waals surface area contributed by atoms with Crippen molar-refractivity contribution in [2.75, 3.05) is 4.90 Å². The van der Waals surface area contributed by atoms with Crippen LogP contribution in [0.2, 0.25) is 0 Å². The lowest BCUT2D eigenvalue weighted by Crippen LogP contribution is -2.29. The van der Waals surface area contributed by atoms with Gasteiger partial charge in [0.15, 0.2) is 5.13 Å². The Morgan fingerprint density at radius 2 is 1.92 bits per heavy atom. The van der Waals surface area contributed by atoms with Crippen LogP contribution in [0.1, 0.15) is 40.8 Å². The summed E-state index contributed by atoms with van der Waals surface area (Å²) in [5.74, 6) is -1.12. The summed E-state index contributed by atoms with van der Waals surface area (Å²) in [6, 6.07) is 14.7. The van der Waals surface area contributed by atoms with E-state index in [-0.39, 0.29) is 23.2 Å². The number of carbonyl (C=O) groups excluding carboxylic acids is 2. The van der Waals surface area contributed by atoms with Crippen LogP contribution in [0.25, 0.3) is 16.0 Å². The van der Waals surface area contributed by atoms with Gasteiger partial charge in [-0.15, -0.1) is 0 Å². The molecule has 2 aliphatic heterocycles. The zero-order valence-electron chi connectivity index (χ0n) is 20.5. The predicted octanol–water partition coefficient (Wildman–Crippen LogP) is 5.57. The highest BCUT2D eigenvalue weighted by atomic mass is 32.1. The Hall–Kier alpha value is -4.17. The Morgan fingerprint density at radius 3 is 2.70 bits per heavy atom. The fourth-order valence-electron chi connectivity index (χ4n) is 5.23. The van der Waals surface area contributed by atoms with Crippen molar-refractivity contribution in [1.29, 1.82) is 0 Å². The van der Waals surface area contributed by atoms with Crippen LogP contribution >= 0.6 is 11.3 Å². The van der Waals surface area contributed by atoms with Crippen molar-refractivity contribution >= 4 is 44.1 Å². The minimum absolute atomic E-state index is 0.0116. The van der Waals surface area contributed by atoms with E-state index < -0.39 is 17.7 Å². The first-order chi connectivity index (χ1) is 17.7. The molecule has 1 aromatic heterocycles. The number of hydrogen-bond donors (Lipinski definition) is 2. The minimum Gasteiger partial charge on any atom is -0.508 e. The van der Waals surface area contributed by atoms with Crippen molar-refractivity contribution in [3.05, 3.63) is 88.0 Å². The molecular formula is C29H24N2O5S. The normalized spacial score (nSPS) is 20.5. The van der Waals surface area contributed by atoms with Gasteiger partial charge in [0.05, 0.1) is 21.8 Å². The van der Waals surface area contributed by atoms with Crippen LogP contribution in [0.3, 0.4) is 0 Å². The zero-order valence-corrected chi connectivity index (χ0v) is 21.3. The zero-order chi connectivity index (χ0) is 26.0. The maximum Gasteiger partial charge on any atom is 0.301 e. The summed E-state index contributed by atoms with van der Waals surface area (Å²) >= 11 is 1.32. The lowest BCUT2D eigenvalue weighted by molar-refractivity contribution is -0.132. The highest BCUT2D eigenvalue weighted by Gasteiger charge is 2.48. The number of ether oxygens (including phenoxy) is 1. The van der Waals surface area contributed by atoms with E-state index in [1.165, 1.54) is 28.4 Å². The van der Waals surface area contributed by atoms with E-state index in [9.17, 15) is 19.8 Å². The van der Waals surface area contributed by atoms with Crippen molar-refractivity contribution in [1.82, 2.24) is 4.98 Å². The molecule has 1 amide bonds. The molecule has 2 aliphatic rings. The fraction of sp³-hybridized carbons (Fsp3) is 0.207. The van der Waals surface area contributed by atoms with Gasteiger partial charge in [0.1, 0.15) is 23.4 Å². The van der Waals surface area contributed by atoms with Crippen LogP contribution in [-0.4, -0.2) is 33.0 Å². The molecular weight excluding hydrogens is 488 g/mol. The number of thiazole rings is 1. The third-order valence-electron chi connectivity index (χ3n) is 6.82. The van der Waals surface area contributed by atoms with Crippen LogP contribution in [0.15, 0.2) is 60.2 Å². The Balaban J connectivity index is 1.55. The smallest absolute Gasteiger partial charge is 0.301 e. The lowest BCUT2D eigenvalue weighted by Gasteiger charge is -2.23. The van der Waals surface area contributed by atoms with E-state index in [0.29, 0.717) is 22.7 Å². The number of aliphatic hydroxyl groups excluding tert-OH is 1. The number of anilines is 1. The molecule has 186 valence electrons. The number of phenolic OH excluding ortho intramolecular Hbond substituents is 1. The molecule has 2 N–H and O–H groups in total. The number of phenols is 1. The molecule has 4 aromatic rings. The Bertz CT molecular complexity index is 1650. The quantitative estimate of drug-likeness (QED) is 0.212. The van der Waals surface area contributed by atoms with E-state index in [1.807, 2.05) is 32.9 Å². The van der Waals surface area contributed by atoms with Crippen LogP contribution in [0.4, 0.5) is 5.13 Å². The largest absolute Gasteiger partial charge is 0.508 e. The van der Waals surface area contributed by atoms with E-state index in [2.05, 4.69) is 0 Å². The predicted molar refractivity (Wildman–Crippen MR) is 142 cm³/mol. The molecule has 7 nitrogen and oxygen atoms in total. The number of aromatic hydroxyl groups is 1. The first-order valence-electron chi connectivity index (χ1n) is 12.0. The summed E-state index contributed by atoms with van der Waals surface area (Å²) in [7, 11) is 0. The summed E-state index contributed by atoms with van der Waals surface area (Å²) in [6.45, 7) is 5.92. The van der Waals surface area contributed by atoms with E-state index >= 15 is 0 Å². The molecule has 0 bridgehead atoms. The van der Waals surface area contributed by atoms with Gasteiger partial charge in [-0.2, -0.15) is 0 Å². The number of aliphatic hydroxyl groups is 1. The molecule has 0 radical (unpaired) electrons. The van der Waals surface area contributed by atoms with Gasteiger partial charge in [0.25, 0.3) is 5.78 Å². The number of Topliss-reactive ketones (excluding diaryl/α,β-unsaturated/α-hetero) is 1. The number of amides is 1. The molecule has 1 saturated heterocycles. The average Bonchev–Trinajstić information content (AvgIpc) is 3.51. The van der Waals surface area contributed by atoms with Gasteiger partial charge in [-0.3, -0.25) is 14.5 Å². The van der Waals surface area contributed by atoms with Crippen LogP contribution in [0.5, 0.6) is 11.5 Å². The number of ketones is 1. The van der Waals surface area contributed by atoms with Crippen LogP contribution < -0.4 is 9.64 Å². The molecule has 8 heteroatoms. The maximum absolute atomic E-state index is 13.5. The van der Waals surface area contributed by atoms with Crippen molar-refractivity contribution in [3.8, 4) is 11.5 Å². The third kappa shape index (κ3) is 3.76. The van der Waals surface area contributed by atoms with Crippen LogP contribution in [-0.2, 0) is 16.0 Å². The van der Waals surface area contributed by atoms with E-state index in [4.69, 9.17) is 9.72 Å². The fourth-order valence-corrected chi connectivity index (χ4v) is 6.40. The molecule has 0 aliphatic carbocycles. The number of aryl methyl sites for hydroxylation is 2. The molecule has 1 fully saturated rings. The summed E-state index contributed by atoms with van der Waals surface area (Å²) in [5, 5.41) is 22.0. The maximum atomic E-state index is 13.5.